The number of esters is 1. The third kappa shape index (κ3) is 3.00. The fourth-order valence-electron chi connectivity index (χ4n) is 1.61. The molecular formula is C12H12F2N2O2. The molecular weight excluding hydrogens is 242 g/mol. The van der Waals surface area contributed by atoms with Gasteiger partial charge in [0.1, 0.15) is 11.8 Å². The lowest BCUT2D eigenvalue weighted by Crippen LogP contribution is -2.13. The summed E-state index contributed by atoms with van der Waals surface area (Å²) in [5, 5.41) is 8.85. The second-order valence-corrected chi connectivity index (χ2v) is 3.58. The molecule has 6 heteroatoms. The first-order valence-electron chi connectivity index (χ1n) is 5.33. The van der Waals surface area contributed by atoms with E-state index in [1.54, 1.807) is 13.0 Å². The van der Waals surface area contributed by atoms with E-state index in [1.165, 1.54) is 13.1 Å². The summed E-state index contributed by atoms with van der Waals surface area (Å²) < 4.78 is 30.6. The molecule has 4 nitrogen and oxygen atoms in total. The predicted molar refractivity (Wildman–Crippen MR) is 59.0 cm³/mol. The highest BCUT2D eigenvalue weighted by molar-refractivity contribution is 5.74. The van der Waals surface area contributed by atoms with Gasteiger partial charge in [-0.3, -0.25) is 4.79 Å². The molecule has 0 saturated heterocycles. The van der Waals surface area contributed by atoms with Crippen LogP contribution in [0.15, 0.2) is 6.20 Å². The molecule has 0 fully saturated rings. The molecule has 0 aliphatic rings. The normalized spacial score (nSPS) is 10.2. The summed E-state index contributed by atoms with van der Waals surface area (Å²) in [4.78, 5) is 15.1. The van der Waals surface area contributed by atoms with Crippen LogP contribution in [0.3, 0.4) is 0 Å². The van der Waals surface area contributed by atoms with Gasteiger partial charge in [0.05, 0.1) is 13.0 Å². The quantitative estimate of drug-likeness (QED) is 0.773. The van der Waals surface area contributed by atoms with Crippen molar-refractivity contribution in [1.82, 2.24) is 4.98 Å². The number of ether oxygens (including phenoxy) is 1. The lowest BCUT2D eigenvalue weighted by molar-refractivity contribution is -0.142. The number of rotatable bonds is 4. The summed E-state index contributed by atoms with van der Waals surface area (Å²) in [6.45, 7) is 3.24. The molecule has 18 heavy (non-hydrogen) atoms. The third-order valence-electron chi connectivity index (χ3n) is 2.37. The van der Waals surface area contributed by atoms with Gasteiger partial charge in [-0.15, -0.1) is 0 Å². The van der Waals surface area contributed by atoms with Crippen LogP contribution in [0, 0.1) is 18.3 Å². The zero-order valence-corrected chi connectivity index (χ0v) is 10.0. The van der Waals surface area contributed by atoms with E-state index in [4.69, 9.17) is 10.00 Å². The van der Waals surface area contributed by atoms with E-state index in [-0.39, 0.29) is 35.4 Å². The van der Waals surface area contributed by atoms with E-state index in [0.29, 0.717) is 0 Å². The highest BCUT2D eigenvalue weighted by Gasteiger charge is 2.22. The van der Waals surface area contributed by atoms with Crippen LogP contribution in [0.1, 0.15) is 35.7 Å². The van der Waals surface area contributed by atoms with Crippen LogP contribution < -0.4 is 0 Å². The minimum absolute atomic E-state index is 0.0500. The number of pyridine rings is 1. The molecule has 0 atom stereocenters. The van der Waals surface area contributed by atoms with E-state index >= 15 is 0 Å². The van der Waals surface area contributed by atoms with Crippen molar-refractivity contribution in [1.29, 1.82) is 5.26 Å². The zero-order valence-electron chi connectivity index (χ0n) is 10.0. The Morgan fingerprint density at radius 1 is 1.61 bits per heavy atom. The summed E-state index contributed by atoms with van der Waals surface area (Å²) in [5.74, 6) is -0.650. The van der Waals surface area contributed by atoms with Gasteiger partial charge in [-0.25, -0.2) is 13.8 Å². The highest BCUT2D eigenvalue weighted by Crippen LogP contribution is 2.28. The zero-order chi connectivity index (χ0) is 13.7. The van der Waals surface area contributed by atoms with Gasteiger partial charge in [0.25, 0.3) is 6.43 Å². The van der Waals surface area contributed by atoms with Gasteiger partial charge in [0.15, 0.2) is 0 Å². The Labute approximate surface area is 103 Å². The van der Waals surface area contributed by atoms with Gasteiger partial charge < -0.3 is 4.74 Å². The molecule has 0 aliphatic carbocycles. The first-order chi connectivity index (χ1) is 8.51. The van der Waals surface area contributed by atoms with Gasteiger partial charge >= 0.3 is 5.97 Å². The number of aryl methyl sites for hydroxylation is 1. The van der Waals surface area contributed by atoms with E-state index in [0.717, 1.165) is 0 Å². The first-order valence-corrected chi connectivity index (χ1v) is 5.33. The Hall–Kier alpha value is -2.03. The van der Waals surface area contributed by atoms with Gasteiger partial charge in [-0.05, 0) is 19.4 Å². The molecule has 0 radical (unpaired) electrons. The average Bonchev–Trinajstić information content (AvgIpc) is 2.29. The molecule has 1 heterocycles. The van der Waals surface area contributed by atoms with Crippen LogP contribution in [-0.4, -0.2) is 17.6 Å². The molecule has 1 rings (SSSR count). The fourth-order valence-corrected chi connectivity index (χ4v) is 1.61. The van der Waals surface area contributed by atoms with Crippen molar-refractivity contribution in [2.24, 2.45) is 0 Å². The SMILES string of the molecule is CCOC(=O)Cc1c(C#N)ncc(C)c1C(F)F. The molecule has 0 amide bonds. The van der Waals surface area contributed by atoms with E-state index in [9.17, 15) is 13.6 Å². The minimum atomic E-state index is -2.76. The maximum atomic E-state index is 13.0. The van der Waals surface area contributed by atoms with Crippen molar-refractivity contribution in [2.45, 2.75) is 26.7 Å². The number of aromatic nitrogens is 1. The minimum Gasteiger partial charge on any atom is -0.466 e. The summed E-state index contributed by atoms with van der Waals surface area (Å²) in [6.07, 6.45) is -1.93. The third-order valence-corrected chi connectivity index (χ3v) is 2.37. The molecule has 1 aromatic rings. The smallest absolute Gasteiger partial charge is 0.310 e. The first kappa shape index (κ1) is 14.0. The maximum absolute atomic E-state index is 13.0. The van der Waals surface area contributed by atoms with E-state index in [1.807, 2.05) is 0 Å². The molecule has 0 N–H and O–H groups in total. The average molecular weight is 254 g/mol. The van der Waals surface area contributed by atoms with Gasteiger partial charge in [0, 0.05) is 17.3 Å². The monoisotopic (exact) mass is 254 g/mol. The number of hydrogen-bond acceptors (Lipinski definition) is 4. The molecule has 0 unspecified atom stereocenters. The van der Waals surface area contributed by atoms with Gasteiger partial charge in [-0.1, -0.05) is 0 Å². The number of carbonyl (C=O) groups is 1. The molecule has 0 saturated carbocycles. The molecule has 0 aromatic carbocycles. The lowest BCUT2D eigenvalue weighted by Gasteiger charge is -2.12. The molecule has 1 aromatic heterocycles. The molecule has 96 valence electrons. The maximum Gasteiger partial charge on any atom is 0.310 e. The standard InChI is InChI=1S/C12H12F2N2O2/c1-3-18-10(17)4-8-9(5-15)16-6-7(2)11(8)12(13)14/h6,12H,3-4H2,1-2H3. The Balaban J connectivity index is 3.25. The van der Waals surface area contributed by atoms with Crippen molar-refractivity contribution in [3.8, 4) is 6.07 Å². The van der Waals surface area contributed by atoms with E-state index in [2.05, 4.69) is 4.98 Å². The van der Waals surface area contributed by atoms with Crippen molar-refractivity contribution in [3.63, 3.8) is 0 Å². The molecule has 0 bridgehead atoms. The van der Waals surface area contributed by atoms with Gasteiger partial charge in [0.2, 0.25) is 0 Å². The number of nitriles is 1. The topological polar surface area (TPSA) is 63.0 Å². The van der Waals surface area contributed by atoms with Crippen LogP contribution in [0.2, 0.25) is 0 Å². The Morgan fingerprint density at radius 2 is 2.28 bits per heavy atom. The highest BCUT2D eigenvalue weighted by atomic mass is 19.3. The number of nitrogens with zero attached hydrogens (tertiary/aromatic N) is 2. The van der Waals surface area contributed by atoms with Crippen LogP contribution in [-0.2, 0) is 16.0 Å². The predicted octanol–water partition coefficient (Wildman–Crippen LogP) is 2.30. The number of halogens is 2. The number of alkyl halides is 2. The summed E-state index contributed by atoms with van der Waals surface area (Å²) in [7, 11) is 0. The Bertz CT molecular complexity index is 496. The fraction of sp³-hybridized carbons (Fsp3) is 0.417. The van der Waals surface area contributed by atoms with Crippen molar-refractivity contribution in [2.75, 3.05) is 6.61 Å². The number of carbonyl (C=O) groups excluding carboxylic acids is 1. The molecule has 0 aliphatic heterocycles. The summed E-state index contributed by atoms with van der Waals surface area (Å²) in [5.41, 5.74) is -0.271. The second kappa shape index (κ2) is 6.05. The van der Waals surface area contributed by atoms with E-state index < -0.39 is 12.4 Å². The summed E-state index contributed by atoms with van der Waals surface area (Å²) in [6, 6.07) is 1.71. The largest absolute Gasteiger partial charge is 0.466 e. The molecule has 0 spiro atoms. The van der Waals surface area contributed by atoms with Crippen LogP contribution in [0.4, 0.5) is 8.78 Å². The van der Waals surface area contributed by atoms with Crippen molar-refractivity contribution in [3.05, 3.63) is 28.6 Å². The number of hydrogen-bond donors (Lipinski definition) is 0. The summed E-state index contributed by atoms with van der Waals surface area (Å²) >= 11 is 0. The van der Waals surface area contributed by atoms with Crippen LogP contribution in [0.5, 0.6) is 0 Å². The Kier molecular flexibility index (Phi) is 4.72. The van der Waals surface area contributed by atoms with Crippen molar-refractivity contribution < 1.29 is 18.3 Å². The van der Waals surface area contributed by atoms with Crippen LogP contribution in [0.25, 0.3) is 0 Å². The second-order valence-electron chi connectivity index (χ2n) is 3.58. The van der Waals surface area contributed by atoms with Crippen molar-refractivity contribution >= 4 is 5.97 Å². The van der Waals surface area contributed by atoms with Crippen LogP contribution >= 0.6 is 0 Å². The Morgan fingerprint density at radius 3 is 2.78 bits per heavy atom. The lowest BCUT2D eigenvalue weighted by atomic mass is 10.00. The van der Waals surface area contributed by atoms with Gasteiger partial charge in [-0.2, -0.15) is 5.26 Å².